The second kappa shape index (κ2) is 9.58. The minimum atomic E-state index is -0.233. The molecule has 1 aliphatic carbocycles. The second-order valence-electron chi connectivity index (χ2n) is 6.50. The fraction of sp³-hybridized carbons (Fsp3) is 0.550. The van der Waals surface area contributed by atoms with Crippen LogP contribution in [-0.2, 0) is 4.79 Å². The predicted molar refractivity (Wildman–Crippen MR) is 96.2 cm³/mol. The number of rotatable bonds is 8. The molecule has 1 aliphatic rings. The van der Waals surface area contributed by atoms with E-state index in [1.54, 1.807) is 12.1 Å². The number of likely N-dealkylation sites (N-methyl/N-ethyl adjacent to an activating group) is 1. The highest BCUT2D eigenvalue weighted by Crippen LogP contribution is 2.20. The number of benzene rings is 1. The molecule has 0 spiro atoms. The van der Waals surface area contributed by atoms with Gasteiger partial charge in [0.25, 0.3) is 0 Å². The Kier molecular flexibility index (Phi) is 7.44. The Morgan fingerprint density at radius 3 is 2.67 bits per heavy atom. The molecule has 1 amide bonds. The van der Waals surface area contributed by atoms with E-state index in [-0.39, 0.29) is 17.8 Å². The van der Waals surface area contributed by atoms with Crippen LogP contribution >= 0.6 is 0 Å². The molecule has 1 unspecified atom stereocenters. The number of nitrogens with zero attached hydrogens (tertiary/aromatic N) is 1. The fourth-order valence-electron chi connectivity index (χ4n) is 3.21. The summed E-state index contributed by atoms with van der Waals surface area (Å²) in [5, 5.41) is 3.03. The fourth-order valence-corrected chi connectivity index (χ4v) is 3.21. The number of hydrogen-bond donors (Lipinski definition) is 1. The van der Waals surface area contributed by atoms with Crippen LogP contribution in [0, 0.1) is 5.82 Å². The summed E-state index contributed by atoms with van der Waals surface area (Å²) in [5.74, 6) is -0.175. The summed E-state index contributed by atoms with van der Waals surface area (Å²) in [6.45, 7) is 5.95. The number of nitrogens with one attached hydrogen (secondary N) is 1. The van der Waals surface area contributed by atoms with Crippen molar-refractivity contribution < 1.29 is 9.18 Å². The molecule has 0 saturated carbocycles. The Morgan fingerprint density at radius 2 is 2.04 bits per heavy atom. The molecule has 0 saturated heterocycles. The molecule has 1 aromatic carbocycles. The Labute approximate surface area is 144 Å². The summed E-state index contributed by atoms with van der Waals surface area (Å²) in [4.78, 5) is 14.3. The zero-order chi connectivity index (χ0) is 17.4. The van der Waals surface area contributed by atoms with E-state index < -0.39 is 0 Å². The van der Waals surface area contributed by atoms with Gasteiger partial charge in [-0.3, -0.25) is 9.69 Å². The molecule has 0 bridgehead atoms. The molecule has 0 aromatic heterocycles. The van der Waals surface area contributed by atoms with E-state index in [4.69, 9.17) is 0 Å². The topological polar surface area (TPSA) is 32.3 Å². The molecule has 2 rings (SSSR count). The second-order valence-corrected chi connectivity index (χ2v) is 6.50. The molecule has 0 heterocycles. The standard InChI is InChI=1S/C20H29FN2O/c1-3-23(16(2)18-9-11-19(21)12-10-18)15-20(24)22-14-13-17-7-5-4-6-8-17/h7,9-12,16H,3-6,8,13-15H2,1-2H3,(H,22,24). The predicted octanol–water partition coefficient (Wildman–Crippen LogP) is 4.22. The molecular formula is C20H29FN2O. The lowest BCUT2D eigenvalue weighted by Gasteiger charge is -2.27. The molecular weight excluding hydrogens is 303 g/mol. The maximum atomic E-state index is 13.1. The van der Waals surface area contributed by atoms with Gasteiger partial charge in [-0.15, -0.1) is 0 Å². The van der Waals surface area contributed by atoms with Gasteiger partial charge in [0.2, 0.25) is 5.91 Å². The molecule has 3 nitrogen and oxygen atoms in total. The van der Waals surface area contributed by atoms with Crippen LogP contribution in [-0.4, -0.2) is 30.4 Å². The van der Waals surface area contributed by atoms with Crippen LogP contribution in [0.4, 0.5) is 4.39 Å². The number of carbonyl (C=O) groups excluding carboxylic acids is 1. The molecule has 4 heteroatoms. The van der Waals surface area contributed by atoms with E-state index in [1.165, 1.54) is 43.4 Å². The van der Waals surface area contributed by atoms with E-state index in [1.807, 2.05) is 6.92 Å². The van der Waals surface area contributed by atoms with Crippen LogP contribution < -0.4 is 5.32 Å². The average Bonchev–Trinajstić information content (AvgIpc) is 2.60. The number of amides is 1. The lowest BCUT2D eigenvalue weighted by molar-refractivity contribution is -0.122. The highest BCUT2D eigenvalue weighted by molar-refractivity contribution is 5.78. The third kappa shape index (κ3) is 5.75. The molecule has 24 heavy (non-hydrogen) atoms. The largest absolute Gasteiger partial charge is 0.355 e. The minimum Gasteiger partial charge on any atom is -0.355 e. The molecule has 0 fully saturated rings. The summed E-state index contributed by atoms with van der Waals surface area (Å²) in [5.41, 5.74) is 2.51. The Balaban J connectivity index is 1.79. The number of hydrogen-bond acceptors (Lipinski definition) is 2. The van der Waals surface area contributed by atoms with Crippen molar-refractivity contribution in [3.8, 4) is 0 Å². The van der Waals surface area contributed by atoms with Gasteiger partial charge in [0.1, 0.15) is 5.82 Å². The summed E-state index contributed by atoms with van der Waals surface area (Å²) >= 11 is 0. The van der Waals surface area contributed by atoms with Crippen molar-refractivity contribution in [1.29, 1.82) is 0 Å². The third-order valence-electron chi connectivity index (χ3n) is 4.81. The van der Waals surface area contributed by atoms with Crippen molar-refractivity contribution in [3.05, 3.63) is 47.3 Å². The highest BCUT2D eigenvalue weighted by atomic mass is 19.1. The Bertz CT molecular complexity index is 553. The maximum absolute atomic E-state index is 13.1. The first kappa shape index (κ1) is 18.7. The monoisotopic (exact) mass is 332 g/mol. The van der Waals surface area contributed by atoms with Crippen LogP contribution in [0.5, 0.6) is 0 Å². The van der Waals surface area contributed by atoms with Gasteiger partial charge in [-0.05, 0) is 63.3 Å². The lowest BCUT2D eigenvalue weighted by atomic mass is 9.97. The van der Waals surface area contributed by atoms with Crippen molar-refractivity contribution in [1.82, 2.24) is 10.2 Å². The van der Waals surface area contributed by atoms with Crippen LogP contribution in [0.1, 0.15) is 57.6 Å². The molecule has 1 N–H and O–H groups in total. The van der Waals surface area contributed by atoms with Gasteiger partial charge >= 0.3 is 0 Å². The molecule has 1 atom stereocenters. The molecule has 132 valence electrons. The zero-order valence-electron chi connectivity index (χ0n) is 14.9. The maximum Gasteiger partial charge on any atom is 0.234 e. The first-order valence-corrected chi connectivity index (χ1v) is 9.04. The smallest absolute Gasteiger partial charge is 0.234 e. The summed E-state index contributed by atoms with van der Waals surface area (Å²) in [7, 11) is 0. The van der Waals surface area contributed by atoms with E-state index >= 15 is 0 Å². The van der Waals surface area contributed by atoms with Gasteiger partial charge in [-0.1, -0.05) is 30.7 Å². The van der Waals surface area contributed by atoms with E-state index in [0.29, 0.717) is 13.1 Å². The number of allylic oxidation sites excluding steroid dienone is 1. The Hall–Kier alpha value is -1.68. The quantitative estimate of drug-likeness (QED) is 0.723. The van der Waals surface area contributed by atoms with Crippen LogP contribution in [0.2, 0.25) is 0 Å². The number of halogens is 1. The van der Waals surface area contributed by atoms with Crippen molar-refractivity contribution in [2.45, 2.75) is 52.0 Å². The van der Waals surface area contributed by atoms with Gasteiger partial charge in [0.05, 0.1) is 6.54 Å². The third-order valence-corrected chi connectivity index (χ3v) is 4.81. The van der Waals surface area contributed by atoms with Gasteiger partial charge in [-0.2, -0.15) is 0 Å². The van der Waals surface area contributed by atoms with Gasteiger partial charge in [0, 0.05) is 12.6 Å². The zero-order valence-corrected chi connectivity index (χ0v) is 14.9. The number of carbonyl (C=O) groups is 1. The van der Waals surface area contributed by atoms with E-state index in [2.05, 4.69) is 23.2 Å². The van der Waals surface area contributed by atoms with Crippen molar-refractivity contribution in [2.75, 3.05) is 19.6 Å². The highest BCUT2D eigenvalue weighted by Gasteiger charge is 2.17. The molecule has 1 aromatic rings. The molecule has 0 aliphatic heterocycles. The van der Waals surface area contributed by atoms with Gasteiger partial charge in [-0.25, -0.2) is 4.39 Å². The summed E-state index contributed by atoms with van der Waals surface area (Å²) < 4.78 is 13.1. The average molecular weight is 332 g/mol. The van der Waals surface area contributed by atoms with E-state index in [9.17, 15) is 9.18 Å². The summed E-state index contributed by atoms with van der Waals surface area (Å²) in [6, 6.07) is 6.60. The van der Waals surface area contributed by atoms with E-state index in [0.717, 1.165) is 18.5 Å². The first-order chi connectivity index (χ1) is 11.6. The minimum absolute atomic E-state index is 0.0576. The van der Waals surface area contributed by atoms with Crippen molar-refractivity contribution in [3.63, 3.8) is 0 Å². The first-order valence-electron chi connectivity index (χ1n) is 9.04. The molecule has 0 radical (unpaired) electrons. The van der Waals surface area contributed by atoms with Crippen LogP contribution in [0.3, 0.4) is 0 Å². The SMILES string of the molecule is CCN(CC(=O)NCCC1=CCCCC1)C(C)c1ccc(F)cc1. The van der Waals surface area contributed by atoms with Crippen LogP contribution in [0.15, 0.2) is 35.9 Å². The van der Waals surface area contributed by atoms with Crippen LogP contribution in [0.25, 0.3) is 0 Å². The van der Waals surface area contributed by atoms with Crippen molar-refractivity contribution in [2.24, 2.45) is 0 Å². The van der Waals surface area contributed by atoms with Gasteiger partial charge in [0.15, 0.2) is 0 Å². The van der Waals surface area contributed by atoms with Gasteiger partial charge < -0.3 is 5.32 Å². The normalized spacial score (nSPS) is 15.9. The Morgan fingerprint density at radius 1 is 1.29 bits per heavy atom. The summed E-state index contributed by atoms with van der Waals surface area (Å²) in [6.07, 6.45) is 8.22. The van der Waals surface area contributed by atoms with Crippen molar-refractivity contribution >= 4 is 5.91 Å². The lowest BCUT2D eigenvalue weighted by Crippen LogP contribution is -2.39.